The third-order valence-corrected chi connectivity index (χ3v) is 5.84. The maximum Gasteiger partial charge on any atom is 0.410 e. The number of piperazine rings is 2. The largest absolute Gasteiger partial charge is 0.444 e. The minimum atomic E-state index is -0.452. The number of guanidine groups is 1. The Kier molecular flexibility index (Phi) is 7.18. The van der Waals surface area contributed by atoms with Crippen molar-refractivity contribution in [3.8, 4) is 0 Å². The second-order valence-electron chi connectivity index (χ2n) is 8.34. The van der Waals surface area contributed by atoms with Gasteiger partial charge in [0.05, 0.1) is 6.54 Å². The lowest BCUT2D eigenvalue weighted by molar-refractivity contribution is 0.0148. The van der Waals surface area contributed by atoms with E-state index in [-0.39, 0.29) is 6.09 Å². The summed E-state index contributed by atoms with van der Waals surface area (Å²) in [5.74, 6) is 0.621. The molecule has 0 bridgehead atoms. The summed E-state index contributed by atoms with van der Waals surface area (Å²) < 4.78 is 5.44. The molecule has 0 atom stereocenters. The number of hydrogen-bond donors (Lipinski definition) is 1. The van der Waals surface area contributed by atoms with E-state index in [2.05, 4.69) is 24.7 Å². The maximum atomic E-state index is 12.1. The van der Waals surface area contributed by atoms with E-state index in [0.29, 0.717) is 25.6 Å². The Balaban J connectivity index is 1.35. The summed E-state index contributed by atoms with van der Waals surface area (Å²) in [5, 5.41) is 3.08. The molecule has 1 aromatic heterocycles. The van der Waals surface area contributed by atoms with Crippen LogP contribution < -0.4 is 10.6 Å². The predicted molar refractivity (Wildman–Crippen MR) is 117 cm³/mol. The highest BCUT2D eigenvalue weighted by Crippen LogP contribution is 2.18. The van der Waals surface area contributed by atoms with E-state index in [0.717, 1.165) is 50.9 Å². The Morgan fingerprint density at radius 3 is 2.38 bits per heavy atom. The average Bonchev–Trinajstić information content (AvgIpc) is 3.22. The van der Waals surface area contributed by atoms with E-state index < -0.39 is 5.60 Å². The molecule has 2 fully saturated rings. The molecule has 0 aromatic carbocycles. The number of amides is 1. The fourth-order valence-corrected chi connectivity index (χ4v) is 4.08. The first kappa shape index (κ1) is 21.6. The van der Waals surface area contributed by atoms with Crippen molar-refractivity contribution in [2.75, 3.05) is 70.3 Å². The van der Waals surface area contributed by atoms with Gasteiger partial charge in [0, 0.05) is 70.5 Å². The van der Waals surface area contributed by atoms with Gasteiger partial charge in [-0.1, -0.05) is 0 Å². The third kappa shape index (κ3) is 6.46. The van der Waals surface area contributed by atoms with Crippen LogP contribution in [-0.4, -0.2) is 103 Å². The summed E-state index contributed by atoms with van der Waals surface area (Å²) in [7, 11) is 0. The fraction of sp³-hybridized carbons (Fsp3) is 0.737. The smallest absolute Gasteiger partial charge is 0.410 e. The molecule has 162 valence electrons. The number of thiazole rings is 1. The van der Waals surface area contributed by atoms with E-state index in [1.165, 1.54) is 0 Å². The van der Waals surface area contributed by atoms with E-state index in [1.54, 1.807) is 16.2 Å². The summed E-state index contributed by atoms with van der Waals surface area (Å²) in [4.78, 5) is 29.6. The number of aliphatic imine (C=N–C) groups is 1. The van der Waals surface area contributed by atoms with Gasteiger partial charge in [-0.3, -0.25) is 9.89 Å². The Morgan fingerprint density at radius 1 is 1.14 bits per heavy atom. The van der Waals surface area contributed by atoms with Crippen molar-refractivity contribution in [3.05, 3.63) is 11.6 Å². The van der Waals surface area contributed by atoms with Crippen LogP contribution in [0.3, 0.4) is 0 Å². The highest BCUT2D eigenvalue weighted by molar-refractivity contribution is 7.13. The van der Waals surface area contributed by atoms with Gasteiger partial charge < -0.3 is 25.2 Å². The molecule has 1 amide bonds. The minimum absolute atomic E-state index is 0.226. The summed E-state index contributed by atoms with van der Waals surface area (Å²) in [6, 6.07) is 0. The van der Waals surface area contributed by atoms with Gasteiger partial charge in [-0.05, 0) is 20.8 Å². The van der Waals surface area contributed by atoms with Gasteiger partial charge in [0.2, 0.25) is 0 Å². The molecule has 0 radical (unpaired) electrons. The molecular weight excluding hydrogens is 390 g/mol. The molecule has 3 heterocycles. The average molecular weight is 424 g/mol. The molecule has 9 nitrogen and oxygen atoms in total. The first-order valence-corrected chi connectivity index (χ1v) is 11.1. The zero-order valence-electron chi connectivity index (χ0n) is 17.7. The first-order chi connectivity index (χ1) is 13.8. The monoisotopic (exact) mass is 423 g/mol. The van der Waals surface area contributed by atoms with Crippen LogP contribution in [0.1, 0.15) is 20.8 Å². The quantitative estimate of drug-likeness (QED) is 0.573. The van der Waals surface area contributed by atoms with Crippen molar-refractivity contribution in [1.29, 1.82) is 0 Å². The van der Waals surface area contributed by atoms with Crippen LogP contribution >= 0.6 is 11.3 Å². The number of nitrogens with zero attached hydrogens (tertiary/aromatic N) is 6. The molecule has 0 saturated carbocycles. The Hall–Kier alpha value is -2.07. The van der Waals surface area contributed by atoms with Crippen molar-refractivity contribution in [3.63, 3.8) is 0 Å². The second-order valence-corrected chi connectivity index (χ2v) is 9.21. The number of ether oxygens (including phenoxy) is 1. The molecule has 2 saturated heterocycles. The molecule has 29 heavy (non-hydrogen) atoms. The van der Waals surface area contributed by atoms with E-state index in [4.69, 9.17) is 10.5 Å². The SMILES string of the molecule is CC(C)(C)OC(=O)N1CCN(CCN=C(N)N2CCN(c3nccs3)CC2)CC1. The number of nitrogens with two attached hydrogens (primary N) is 1. The number of aromatic nitrogens is 1. The molecule has 3 rings (SSSR count). The van der Waals surface area contributed by atoms with Crippen molar-refractivity contribution < 1.29 is 9.53 Å². The normalized spacial score (nSPS) is 19.6. The molecule has 1 aromatic rings. The lowest BCUT2D eigenvalue weighted by Gasteiger charge is -2.36. The molecule has 2 N–H and O–H groups in total. The number of anilines is 1. The lowest BCUT2D eigenvalue weighted by Crippen LogP contribution is -2.52. The van der Waals surface area contributed by atoms with Crippen molar-refractivity contribution in [2.45, 2.75) is 26.4 Å². The van der Waals surface area contributed by atoms with E-state index in [9.17, 15) is 4.79 Å². The van der Waals surface area contributed by atoms with Crippen LogP contribution in [-0.2, 0) is 4.74 Å². The fourth-order valence-electron chi connectivity index (χ4n) is 3.39. The van der Waals surface area contributed by atoms with E-state index in [1.807, 2.05) is 32.3 Å². The Morgan fingerprint density at radius 2 is 1.79 bits per heavy atom. The van der Waals surface area contributed by atoms with Gasteiger partial charge in [-0.15, -0.1) is 11.3 Å². The minimum Gasteiger partial charge on any atom is -0.444 e. The highest BCUT2D eigenvalue weighted by Gasteiger charge is 2.25. The zero-order chi connectivity index (χ0) is 20.9. The summed E-state index contributed by atoms with van der Waals surface area (Å²) in [6.45, 7) is 13.8. The van der Waals surface area contributed by atoms with Gasteiger partial charge in [0.25, 0.3) is 0 Å². The van der Waals surface area contributed by atoms with Crippen LogP contribution in [0, 0.1) is 0 Å². The first-order valence-electron chi connectivity index (χ1n) is 10.2. The number of hydrogen-bond acceptors (Lipinski definition) is 7. The molecule has 2 aliphatic rings. The predicted octanol–water partition coefficient (Wildman–Crippen LogP) is 1.13. The van der Waals surface area contributed by atoms with Crippen LogP contribution in [0.25, 0.3) is 0 Å². The zero-order valence-corrected chi connectivity index (χ0v) is 18.5. The number of carbonyl (C=O) groups excluding carboxylic acids is 1. The lowest BCUT2D eigenvalue weighted by atomic mass is 10.2. The van der Waals surface area contributed by atoms with Crippen LogP contribution in [0.2, 0.25) is 0 Å². The molecule has 0 aliphatic carbocycles. The van der Waals surface area contributed by atoms with Crippen LogP contribution in [0.5, 0.6) is 0 Å². The highest BCUT2D eigenvalue weighted by atomic mass is 32.1. The molecule has 0 spiro atoms. The van der Waals surface area contributed by atoms with Crippen molar-refractivity contribution in [2.24, 2.45) is 10.7 Å². The van der Waals surface area contributed by atoms with Crippen LogP contribution in [0.15, 0.2) is 16.6 Å². The van der Waals surface area contributed by atoms with Gasteiger partial charge in [0.15, 0.2) is 11.1 Å². The topological polar surface area (TPSA) is 90.5 Å². The Labute approximate surface area is 177 Å². The van der Waals surface area contributed by atoms with Gasteiger partial charge in [-0.25, -0.2) is 9.78 Å². The molecule has 10 heteroatoms. The standard InChI is InChI=1S/C19H33N7O2S/c1-19(2,3)28-18(27)26-9-7-23(8-10-26)6-4-21-16(20)24-11-13-25(14-12-24)17-22-5-15-29-17/h5,15H,4,6-14H2,1-3H3,(H2,20,21). The van der Waals surface area contributed by atoms with Gasteiger partial charge in [-0.2, -0.15) is 0 Å². The summed E-state index contributed by atoms with van der Waals surface area (Å²) in [5.41, 5.74) is 5.75. The molecule has 0 unspecified atom stereocenters. The molecule has 2 aliphatic heterocycles. The summed E-state index contributed by atoms with van der Waals surface area (Å²) in [6.07, 6.45) is 1.62. The van der Waals surface area contributed by atoms with Crippen molar-refractivity contribution in [1.82, 2.24) is 19.7 Å². The maximum absolute atomic E-state index is 12.1. The molecular formula is C19H33N7O2S. The van der Waals surface area contributed by atoms with Crippen LogP contribution in [0.4, 0.5) is 9.93 Å². The number of carbonyl (C=O) groups is 1. The van der Waals surface area contributed by atoms with Gasteiger partial charge in [0.1, 0.15) is 5.60 Å². The third-order valence-electron chi connectivity index (χ3n) is 5.01. The van der Waals surface area contributed by atoms with Crippen molar-refractivity contribution >= 4 is 28.5 Å². The number of rotatable bonds is 4. The summed E-state index contributed by atoms with van der Waals surface area (Å²) >= 11 is 1.67. The second kappa shape index (κ2) is 9.62. The van der Waals surface area contributed by atoms with Gasteiger partial charge >= 0.3 is 6.09 Å². The Bertz CT molecular complexity index is 673. The van der Waals surface area contributed by atoms with E-state index >= 15 is 0 Å².